The molecule has 4 nitrogen and oxygen atoms in total. The molecule has 0 spiro atoms. The van der Waals surface area contributed by atoms with Gasteiger partial charge >= 0.3 is 8.25 Å². The molecule has 0 fully saturated rings. The lowest BCUT2D eigenvalue weighted by molar-refractivity contribution is 0.275. The van der Waals surface area contributed by atoms with Gasteiger partial charge in [-0.25, -0.2) is 0 Å². The molecule has 3 N–H and O–H groups in total. The minimum atomic E-state index is -2.41. The molecule has 0 bridgehead atoms. The Morgan fingerprint density at radius 1 is 1.56 bits per heavy atom. The van der Waals surface area contributed by atoms with Crippen LogP contribution in [0.4, 0.5) is 0 Å². The van der Waals surface area contributed by atoms with Gasteiger partial charge in [0, 0.05) is 4.57 Å². The van der Waals surface area contributed by atoms with Crippen LogP contribution in [0.1, 0.15) is 12.8 Å². The summed E-state index contributed by atoms with van der Waals surface area (Å²) >= 11 is 0. The molecule has 0 aromatic heterocycles. The maximum absolute atomic E-state index is 9.86. The fourth-order valence-electron chi connectivity index (χ4n) is 0.389. The lowest BCUT2D eigenvalue weighted by Crippen LogP contribution is -1.99. The van der Waals surface area contributed by atoms with Crippen molar-refractivity contribution in [1.82, 2.24) is 0 Å². The van der Waals surface area contributed by atoms with E-state index in [-0.39, 0.29) is 0 Å². The summed E-state index contributed by atoms with van der Waals surface area (Å²) in [5, 5.41) is 0. The second-order valence-electron chi connectivity index (χ2n) is 1.57. The molecule has 0 aromatic rings. The first-order valence-electron chi connectivity index (χ1n) is 2.76. The van der Waals surface area contributed by atoms with E-state index in [2.05, 4.69) is 4.52 Å². The molecule has 0 aliphatic carbocycles. The molecule has 0 aliphatic heterocycles. The maximum Gasteiger partial charge on any atom is 0.694 e. The first-order valence-corrected chi connectivity index (χ1v) is 3.89. The van der Waals surface area contributed by atoms with Gasteiger partial charge in [-0.2, -0.15) is 0 Å². The molecule has 0 rings (SSSR count). The van der Waals surface area contributed by atoms with E-state index < -0.39 is 8.25 Å². The van der Waals surface area contributed by atoms with Crippen LogP contribution in [-0.4, -0.2) is 18.0 Å². The summed E-state index contributed by atoms with van der Waals surface area (Å²) in [4.78, 5) is 8.11. The Morgan fingerprint density at radius 2 is 2.22 bits per heavy atom. The summed E-state index contributed by atoms with van der Waals surface area (Å²) < 4.78 is 14.2. The summed E-state index contributed by atoms with van der Waals surface area (Å²) in [7, 11) is -2.41. The second kappa shape index (κ2) is 6.11. The van der Waals surface area contributed by atoms with Gasteiger partial charge in [0.05, 0.1) is 0 Å². The highest BCUT2D eigenvalue weighted by Crippen LogP contribution is 2.14. The highest BCUT2D eigenvalue weighted by molar-refractivity contribution is 7.32. The molecule has 0 aliphatic rings. The van der Waals surface area contributed by atoms with Gasteiger partial charge in [0.2, 0.25) is 0 Å². The van der Waals surface area contributed by atoms with Crippen LogP contribution in [0.2, 0.25) is 0 Å². The Hall–Kier alpha value is -0.0200. The normalized spacial score (nSPS) is 11.6. The van der Waals surface area contributed by atoms with Crippen molar-refractivity contribution in [3.05, 3.63) is 0 Å². The molecule has 0 amide bonds. The van der Waals surface area contributed by atoms with Crippen LogP contribution in [0, 0.1) is 0 Å². The topological polar surface area (TPSA) is 72.5 Å². The van der Waals surface area contributed by atoms with Crippen LogP contribution in [0.3, 0.4) is 0 Å². The fourth-order valence-corrected chi connectivity index (χ4v) is 0.674. The zero-order valence-electron chi connectivity index (χ0n) is 5.12. The molecule has 9 heavy (non-hydrogen) atoms. The second-order valence-corrected chi connectivity index (χ2v) is 2.30. The summed E-state index contributed by atoms with van der Waals surface area (Å²) in [5.74, 6) is 0. The van der Waals surface area contributed by atoms with E-state index in [1.54, 1.807) is 0 Å². The third-order valence-corrected chi connectivity index (χ3v) is 1.20. The average molecular weight is 152 g/mol. The first-order chi connectivity index (χ1) is 4.27. The lowest BCUT2D eigenvalue weighted by Gasteiger charge is -1.88. The Morgan fingerprint density at radius 3 is 2.67 bits per heavy atom. The zero-order valence-corrected chi connectivity index (χ0v) is 6.01. The molecule has 0 aromatic carbocycles. The van der Waals surface area contributed by atoms with Crippen LogP contribution in [0.25, 0.3) is 0 Å². The lowest BCUT2D eigenvalue weighted by atomic mass is 10.3. The van der Waals surface area contributed by atoms with Gasteiger partial charge in [0.25, 0.3) is 0 Å². The fraction of sp³-hybridized carbons (Fsp3) is 1.00. The van der Waals surface area contributed by atoms with Crippen molar-refractivity contribution in [2.75, 3.05) is 13.2 Å². The van der Waals surface area contributed by atoms with Gasteiger partial charge in [0.1, 0.15) is 6.61 Å². The van der Waals surface area contributed by atoms with E-state index in [9.17, 15) is 4.57 Å². The van der Waals surface area contributed by atoms with E-state index in [0.29, 0.717) is 13.2 Å². The predicted molar refractivity (Wildman–Crippen MR) is 34.1 cm³/mol. The number of hydrogen-bond acceptors (Lipinski definition) is 3. The third kappa shape index (κ3) is 7.98. The van der Waals surface area contributed by atoms with Crippen molar-refractivity contribution in [3.63, 3.8) is 0 Å². The molecule has 0 radical (unpaired) electrons. The van der Waals surface area contributed by atoms with Gasteiger partial charge in [-0.05, 0) is 19.4 Å². The molecule has 0 saturated heterocycles. The summed E-state index contributed by atoms with van der Waals surface area (Å²) in [6.45, 7) is 0.925. The first kappa shape index (κ1) is 8.98. The molecular weight excluding hydrogens is 141 g/mol. The summed E-state index contributed by atoms with van der Waals surface area (Å²) in [6, 6.07) is 0. The van der Waals surface area contributed by atoms with E-state index in [1.165, 1.54) is 0 Å². The van der Waals surface area contributed by atoms with E-state index in [4.69, 9.17) is 10.6 Å². The molecule has 1 atom stereocenters. The van der Waals surface area contributed by atoms with Gasteiger partial charge in [-0.15, -0.1) is 9.42 Å². The van der Waals surface area contributed by atoms with Crippen molar-refractivity contribution >= 4 is 8.25 Å². The monoisotopic (exact) mass is 152 g/mol. The van der Waals surface area contributed by atoms with Crippen molar-refractivity contribution in [3.8, 4) is 0 Å². The Bertz CT molecular complexity index is 87.9. The average Bonchev–Trinajstić information content (AvgIpc) is 1.80. The Kier molecular flexibility index (Phi) is 6.09. The van der Waals surface area contributed by atoms with Crippen LogP contribution in [0.15, 0.2) is 0 Å². The highest BCUT2D eigenvalue weighted by Gasteiger charge is 2.09. The Balaban J connectivity index is 2.83. The number of nitrogens with two attached hydrogens (primary N) is 1. The Labute approximate surface area is 55.0 Å². The molecular formula is C4H11NO3P+. The molecule has 5 heteroatoms. The van der Waals surface area contributed by atoms with Gasteiger partial charge in [0.15, 0.2) is 0 Å². The quantitative estimate of drug-likeness (QED) is 0.441. The van der Waals surface area contributed by atoms with Gasteiger partial charge < -0.3 is 5.73 Å². The summed E-state index contributed by atoms with van der Waals surface area (Å²) in [6.07, 6.45) is 1.58. The number of unbranched alkanes of at least 4 members (excludes halogenated alkanes) is 1. The SMILES string of the molecule is NCCCCO[P+](=O)O. The number of rotatable bonds is 5. The molecule has 0 heterocycles. The molecule has 1 unspecified atom stereocenters. The van der Waals surface area contributed by atoms with Crippen LogP contribution < -0.4 is 5.73 Å². The van der Waals surface area contributed by atoms with E-state index in [1.807, 2.05) is 0 Å². The van der Waals surface area contributed by atoms with Crippen molar-refractivity contribution in [2.45, 2.75) is 12.8 Å². The zero-order chi connectivity index (χ0) is 7.11. The highest BCUT2D eigenvalue weighted by atomic mass is 31.1. The number of hydrogen-bond donors (Lipinski definition) is 2. The van der Waals surface area contributed by atoms with Crippen LogP contribution >= 0.6 is 8.25 Å². The van der Waals surface area contributed by atoms with Crippen molar-refractivity contribution in [1.29, 1.82) is 0 Å². The molecule has 54 valence electrons. The predicted octanol–water partition coefficient (Wildman–Crippen LogP) is 0.392. The minimum absolute atomic E-state index is 0.322. The maximum atomic E-state index is 9.86. The largest absolute Gasteiger partial charge is 0.694 e. The van der Waals surface area contributed by atoms with Gasteiger partial charge in [-0.3, -0.25) is 0 Å². The smallest absolute Gasteiger partial charge is 0.330 e. The van der Waals surface area contributed by atoms with Crippen LogP contribution in [-0.2, 0) is 9.09 Å². The van der Waals surface area contributed by atoms with Gasteiger partial charge in [-0.1, -0.05) is 0 Å². The van der Waals surface area contributed by atoms with Crippen LogP contribution in [0.5, 0.6) is 0 Å². The summed E-state index contributed by atoms with van der Waals surface area (Å²) in [5.41, 5.74) is 5.15. The minimum Gasteiger partial charge on any atom is -0.330 e. The standard InChI is InChI=1S/C4H10NO3P/c5-3-1-2-4-8-9(6)7/h1-5H2/p+1. The van der Waals surface area contributed by atoms with E-state index >= 15 is 0 Å². The van der Waals surface area contributed by atoms with Crippen molar-refractivity contribution in [2.24, 2.45) is 5.73 Å². The van der Waals surface area contributed by atoms with E-state index in [0.717, 1.165) is 12.8 Å². The third-order valence-electron chi connectivity index (χ3n) is 0.800. The molecule has 0 saturated carbocycles. The van der Waals surface area contributed by atoms with Crippen molar-refractivity contribution < 1.29 is 14.0 Å².